The molecule has 0 aliphatic carbocycles. The second kappa shape index (κ2) is 4.73. The maximum atomic E-state index is 7.36. The van der Waals surface area contributed by atoms with Crippen molar-refractivity contribution >= 4 is 5.84 Å². The largest absolute Gasteiger partial charge is 0.387 e. The Labute approximate surface area is 99.0 Å². The average Bonchev–Trinajstić information content (AvgIpc) is 2.72. The fourth-order valence-electron chi connectivity index (χ4n) is 1.60. The van der Waals surface area contributed by atoms with Crippen LogP contribution in [0.4, 0.5) is 0 Å². The van der Waals surface area contributed by atoms with Crippen LogP contribution < -0.4 is 5.73 Å². The molecule has 0 aliphatic rings. The molecule has 2 aromatic rings. The van der Waals surface area contributed by atoms with Crippen molar-refractivity contribution in [1.29, 1.82) is 5.41 Å². The summed E-state index contributed by atoms with van der Waals surface area (Å²) < 4.78 is 1.81. The minimum absolute atomic E-state index is 0.116. The molecule has 0 unspecified atom stereocenters. The topological polar surface area (TPSA) is 93.5 Å². The van der Waals surface area contributed by atoms with Crippen molar-refractivity contribution in [1.82, 2.24) is 19.7 Å². The van der Waals surface area contributed by atoms with E-state index in [9.17, 15) is 0 Å². The highest BCUT2D eigenvalue weighted by Gasteiger charge is 2.12. The van der Waals surface area contributed by atoms with Crippen molar-refractivity contribution in [2.75, 3.05) is 0 Å². The van der Waals surface area contributed by atoms with E-state index in [1.165, 1.54) is 0 Å². The zero-order valence-electron chi connectivity index (χ0n) is 9.59. The molecule has 0 amide bonds. The Hall–Kier alpha value is -2.24. The van der Waals surface area contributed by atoms with Gasteiger partial charge in [0.15, 0.2) is 0 Å². The summed E-state index contributed by atoms with van der Waals surface area (Å²) in [5, 5.41) is 11.8. The van der Waals surface area contributed by atoms with Gasteiger partial charge in [0.1, 0.15) is 11.4 Å². The van der Waals surface area contributed by atoms with Crippen LogP contribution in [0.2, 0.25) is 0 Å². The van der Waals surface area contributed by atoms with E-state index in [1.54, 1.807) is 18.6 Å². The number of nitrogens with zero attached hydrogens (tertiary/aromatic N) is 4. The Bertz CT molecular complexity index is 516. The number of nitrogens with two attached hydrogens (primary N) is 1. The molecule has 0 fully saturated rings. The van der Waals surface area contributed by atoms with Crippen LogP contribution in [0.25, 0.3) is 11.4 Å². The maximum absolute atomic E-state index is 7.36. The number of aryl methyl sites for hydroxylation is 1. The predicted molar refractivity (Wildman–Crippen MR) is 64.5 cm³/mol. The molecule has 0 saturated carbocycles. The molecule has 17 heavy (non-hydrogen) atoms. The van der Waals surface area contributed by atoms with E-state index >= 15 is 0 Å². The fourth-order valence-corrected chi connectivity index (χ4v) is 1.60. The summed E-state index contributed by atoms with van der Waals surface area (Å²) in [5.41, 5.74) is 7.79. The smallest absolute Gasteiger partial charge is 0.116 e. The minimum Gasteiger partial charge on any atom is -0.387 e. The highest BCUT2D eigenvalue weighted by molar-refractivity contribution is 5.81. The van der Waals surface area contributed by atoms with Gasteiger partial charge in [0.25, 0.3) is 0 Å². The van der Waals surface area contributed by atoms with E-state index in [0.29, 0.717) is 12.1 Å². The van der Waals surface area contributed by atoms with Gasteiger partial charge in [0.2, 0.25) is 0 Å². The van der Waals surface area contributed by atoms with Gasteiger partial charge in [-0.15, -0.1) is 0 Å². The number of hydrogen-bond donors (Lipinski definition) is 2. The second-order valence-electron chi connectivity index (χ2n) is 3.65. The van der Waals surface area contributed by atoms with Crippen molar-refractivity contribution in [3.05, 3.63) is 30.4 Å². The third kappa shape index (κ3) is 2.47. The monoisotopic (exact) mass is 230 g/mol. The number of aromatic nitrogens is 4. The molecule has 6 heteroatoms. The van der Waals surface area contributed by atoms with Crippen molar-refractivity contribution < 1.29 is 0 Å². The molecule has 0 bridgehead atoms. The summed E-state index contributed by atoms with van der Waals surface area (Å²) in [6, 6.07) is 0. The van der Waals surface area contributed by atoms with Gasteiger partial charge < -0.3 is 5.73 Å². The lowest BCUT2D eigenvalue weighted by molar-refractivity contribution is 0.661. The van der Waals surface area contributed by atoms with Gasteiger partial charge in [-0.05, 0) is 6.92 Å². The van der Waals surface area contributed by atoms with E-state index in [4.69, 9.17) is 11.1 Å². The Morgan fingerprint density at radius 2 is 2.29 bits per heavy atom. The molecule has 6 nitrogen and oxygen atoms in total. The molecule has 0 aromatic carbocycles. The van der Waals surface area contributed by atoms with Crippen LogP contribution in [0.5, 0.6) is 0 Å². The molecule has 2 rings (SSSR count). The van der Waals surface area contributed by atoms with Crippen molar-refractivity contribution in [3.8, 4) is 11.4 Å². The average molecular weight is 230 g/mol. The van der Waals surface area contributed by atoms with Crippen LogP contribution in [0, 0.1) is 5.41 Å². The summed E-state index contributed by atoms with van der Waals surface area (Å²) >= 11 is 0. The Balaban J connectivity index is 2.44. The van der Waals surface area contributed by atoms with E-state index in [2.05, 4.69) is 15.1 Å². The van der Waals surface area contributed by atoms with E-state index < -0.39 is 0 Å². The van der Waals surface area contributed by atoms with E-state index in [-0.39, 0.29) is 5.84 Å². The lowest BCUT2D eigenvalue weighted by Gasteiger charge is -1.99. The maximum Gasteiger partial charge on any atom is 0.116 e. The highest BCUT2D eigenvalue weighted by Crippen LogP contribution is 2.19. The molecular formula is C11H14N6. The number of rotatable bonds is 4. The quantitative estimate of drug-likeness (QED) is 0.601. The predicted octanol–water partition coefficient (Wildman–Crippen LogP) is 0.838. The summed E-state index contributed by atoms with van der Waals surface area (Å²) in [6.07, 6.45) is 7.17. The molecule has 2 heterocycles. The summed E-state index contributed by atoms with van der Waals surface area (Å²) in [7, 11) is 0. The zero-order chi connectivity index (χ0) is 12.3. The first-order valence-electron chi connectivity index (χ1n) is 5.36. The molecule has 3 N–H and O–H groups in total. The Morgan fingerprint density at radius 3 is 2.88 bits per heavy atom. The SMILES string of the molecule is CCn1cc(CC(=N)N)c(-c2cnccn2)n1. The Kier molecular flexibility index (Phi) is 3.13. The van der Waals surface area contributed by atoms with Crippen LogP contribution in [0.3, 0.4) is 0 Å². The van der Waals surface area contributed by atoms with E-state index in [0.717, 1.165) is 17.8 Å². The van der Waals surface area contributed by atoms with Gasteiger partial charge in [-0.2, -0.15) is 5.10 Å². The molecule has 0 radical (unpaired) electrons. The van der Waals surface area contributed by atoms with Crippen LogP contribution in [0.15, 0.2) is 24.8 Å². The van der Waals surface area contributed by atoms with Gasteiger partial charge in [-0.25, -0.2) is 0 Å². The van der Waals surface area contributed by atoms with Crippen molar-refractivity contribution in [2.45, 2.75) is 19.9 Å². The number of nitrogens with one attached hydrogen (secondary N) is 1. The first-order valence-corrected chi connectivity index (χ1v) is 5.36. The van der Waals surface area contributed by atoms with Crippen LogP contribution in [0.1, 0.15) is 12.5 Å². The summed E-state index contributed by atoms with van der Waals surface area (Å²) in [5.74, 6) is 0.116. The fraction of sp³-hybridized carbons (Fsp3) is 0.273. The normalized spacial score (nSPS) is 10.4. The van der Waals surface area contributed by atoms with Crippen molar-refractivity contribution in [2.24, 2.45) is 5.73 Å². The summed E-state index contributed by atoms with van der Waals surface area (Å²) in [4.78, 5) is 8.23. The van der Waals surface area contributed by atoms with Crippen molar-refractivity contribution in [3.63, 3.8) is 0 Å². The third-order valence-electron chi connectivity index (χ3n) is 2.35. The molecule has 0 aliphatic heterocycles. The van der Waals surface area contributed by atoms with Crippen LogP contribution >= 0.6 is 0 Å². The Morgan fingerprint density at radius 1 is 1.47 bits per heavy atom. The zero-order valence-corrected chi connectivity index (χ0v) is 9.59. The summed E-state index contributed by atoms with van der Waals surface area (Å²) in [6.45, 7) is 2.77. The lowest BCUT2D eigenvalue weighted by atomic mass is 10.1. The van der Waals surface area contributed by atoms with Crippen LogP contribution in [-0.4, -0.2) is 25.6 Å². The third-order valence-corrected chi connectivity index (χ3v) is 2.35. The molecular weight excluding hydrogens is 216 g/mol. The van der Waals surface area contributed by atoms with Gasteiger partial charge in [-0.3, -0.25) is 20.1 Å². The standard InChI is InChI=1S/C11H14N6/c1-2-17-7-8(5-10(12)13)11(16-17)9-6-14-3-4-15-9/h3-4,6-7H,2,5H2,1H3,(H3,12,13). The van der Waals surface area contributed by atoms with Gasteiger partial charge in [0.05, 0.1) is 12.0 Å². The molecule has 0 spiro atoms. The number of amidine groups is 1. The molecule has 2 aromatic heterocycles. The molecule has 0 saturated heterocycles. The minimum atomic E-state index is 0.116. The lowest BCUT2D eigenvalue weighted by Crippen LogP contribution is -2.12. The number of hydrogen-bond acceptors (Lipinski definition) is 4. The van der Waals surface area contributed by atoms with Gasteiger partial charge >= 0.3 is 0 Å². The second-order valence-corrected chi connectivity index (χ2v) is 3.65. The molecule has 0 atom stereocenters. The van der Waals surface area contributed by atoms with E-state index in [1.807, 2.05) is 17.8 Å². The first-order chi connectivity index (χ1) is 8.20. The van der Waals surface area contributed by atoms with Gasteiger partial charge in [0, 0.05) is 37.1 Å². The molecule has 88 valence electrons. The van der Waals surface area contributed by atoms with Crippen LogP contribution in [-0.2, 0) is 13.0 Å². The first kappa shape index (κ1) is 11.3. The van der Waals surface area contributed by atoms with Gasteiger partial charge in [-0.1, -0.05) is 0 Å². The highest BCUT2D eigenvalue weighted by atomic mass is 15.3.